The van der Waals surface area contributed by atoms with Crippen LogP contribution in [0.2, 0.25) is 0 Å². The number of benzene rings is 2. The highest BCUT2D eigenvalue weighted by molar-refractivity contribution is 5.51. The second-order valence-corrected chi connectivity index (χ2v) is 4.92. The molecule has 0 aliphatic carbocycles. The Bertz CT molecular complexity index is 554. The van der Waals surface area contributed by atoms with Crippen LogP contribution in [0.1, 0.15) is 5.56 Å². The molecule has 0 saturated carbocycles. The number of likely N-dealkylation sites (N-methyl/N-ethyl adjacent to an activating group) is 1. The first-order valence-electron chi connectivity index (χ1n) is 6.85. The number of rotatable bonds is 6. The molecule has 0 bridgehead atoms. The van der Waals surface area contributed by atoms with Crippen molar-refractivity contribution in [1.82, 2.24) is 0 Å². The Morgan fingerprint density at radius 2 is 1.90 bits per heavy atom. The maximum atomic E-state index is 5.25. The highest BCUT2D eigenvalue weighted by Gasteiger charge is 2.02. The standard InChI is InChI=1S/C17H22N2O/c1-14-6-4-7-15(12-14)18-10-11-19(2)16-8-5-9-17(13-16)20-3/h4-9,12-13,18H,10-11H2,1-3H3. The summed E-state index contributed by atoms with van der Waals surface area (Å²) in [6.45, 7) is 3.94. The normalized spacial score (nSPS) is 10.2. The summed E-state index contributed by atoms with van der Waals surface area (Å²) in [5, 5.41) is 3.44. The molecule has 0 aliphatic rings. The molecular weight excluding hydrogens is 248 g/mol. The Morgan fingerprint density at radius 1 is 1.10 bits per heavy atom. The Kier molecular flexibility index (Phi) is 4.88. The van der Waals surface area contributed by atoms with Gasteiger partial charge in [-0.25, -0.2) is 0 Å². The van der Waals surface area contributed by atoms with Crippen LogP contribution in [0, 0.1) is 6.92 Å². The van der Waals surface area contributed by atoms with Crippen molar-refractivity contribution in [1.29, 1.82) is 0 Å². The lowest BCUT2D eigenvalue weighted by Crippen LogP contribution is -2.24. The van der Waals surface area contributed by atoms with Crippen molar-refractivity contribution in [2.45, 2.75) is 6.92 Å². The van der Waals surface area contributed by atoms with Gasteiger partial charge in [0.15, 0.2) is 0 Å². The van der Waals surface area contributed by atoms with Gasteiger partial charge in [-0.1, -0.05) is 18.2 Å². The van der Waals surface area contributed by atoms with Crippen molar-refractivity contribution in [3.63, 3.8) is 0 Å². The summed E-state index contributed by atoms with van der Waals surface area (Å²) in [5.41, 5.74) is 3.61. The molecule has 0 radical (unpaired) electrons. The number of hydrogen-bond acceptors (Lipinski definition) is 3. The van der Waals surface area contributed by atoms with Gasteiger partial charge in [0, 0.05) is 37.6 Å². The molecule has 0 heterocycles. The average Bonchev–Trinajstić information content (AvgIpc) is 2.47. The van der Waals surface area contributed by atoms with Crippen molar-refractivity contribution in [2.75, 3.05) is 37.5 Å². The number of anilines is 2. The molecular formula is C17H22N2O. The lowest BCUT2D eigenvalue weighted by molar-refractivity contribution is 0.415. The first kappa shape index (κ1) is 14.3. The molecule has 0 saturated heterocycles. The third-order valence-electron chi connectivity index (χ3n) is 3.29. The summed E-state index contributed by atoms with van der Waals surface area (Å²) >= 11 is 0. The molecule has 0 amide bonds. The zero-order valence-electron chi connectivity index (χ0n) is 12.4. The van der Waals surface area contributed by atoms with Crippen molar-refractivity contribution >= 4 is 11.4 Å². The van der Waals surface area contributed by atoms with E-state index in [1.54, 1.807) is 7.11 Å². The Labute approximate surface area is 121 Å². The monoisotopic (exact) mass is 270 g/mol. The van der Waals surface area contributed by atoms with Crippen molar-refractivity contribution in [2.24, 2.45) is 0 Å². The number of aryl methyl sites for hydroxylation is 1. The summed E-state index contributed by atoms with van der Waals surface area (Å²) in [5.74, 6) is 0.890. The van der Waals surface area contributed by atoms with Gasteiger partial charge >= 0.3 is 0 Å². The van der Waals surface area contributed by atoms with Crippen molar-refractivity contribution in [3.8, 4) is 5.75 Å². The third kappa shape index (κ3) is 3.92. The summed E-state index contributed by atoms with van der Waals surface area (Å²) in [4.78, 5) is 2.21. The van der Waals surface area contributed by atoms with E-state index < -0.39 is 0 Å². The van der Waals surface area contributed by atoms with Crippen LogP contribution in [-0.2, 0) is 0 Å². The molecule has 0 spiro atoms. The summed E-state index contributed by atoms with van der Waals surface area (Å²) in [6, 6.07) is 16.5. The molecule has 3 nitrogen and oxygen atoms in total. The molecule has 106 valence electrons. The minimum Gasteiger partial charge on any atom is -0.497 e. The maximum absolute atomic E-state index is 5.25. The fourth-order valence-corrected chi connectivity index (χ4v) is 2.10. The Hall–Kier alpha value is -2.16. The number of methoxy groups -OCH3 is 1. The van der Waals surface area contributed by atoms with Gasteiger partial charge in [0.05, 0.1) is 7.11 Å². The van der Waals surface area contributed by atoms with Gasteiger partial charge in [-0.15, -0.1) is 0 Å². The van der Waals surface area contributed by atoms with Crippen LogP contribution < -0.4 is 15.0 Å². The minimum absolute atomic E-state index is 0.890. The summed E-state index contributed by atoms with van der Waals surface area (Å²) in [7, 11) is 3.78. The van der Waals surface area contributed by atoms with Crippen molar-refractivity contribution < 1.29 is 4.74 Å². The van der Waals surface area contributed by atoms with E-state index in [2.05, 4.69) is 54.5 Å². The molecule has 0 aliphatic heterocycles. The summed E-state index contributed by atoms with van der Waals surface area (Å²) in [6.07, 6.45) is 0. The number of hydrogen-bond donors (Lipinski definition) is 1. The van der Waals surface area contributed by atoms with E-state index in [9.17, 15) is 0 Å². The van der Waals surface area contributed by atoms with Gasteiger partial charge in [-0.2, -0.15) is 0 Å². The number of nitrogens with zero attached hydrogens (tertiary/aromatic N) is 1. The molecule has 0 atom stereocenters. The van der Waals surface area contributed by atoms with E-state index in [4.69, 9.17) is 4.74 Å². The first-order valence-corrected chi connectivity index (χ1v) is 6.85. The summed E-state index contributed by atoms with van der Waals surface area (Å²) < 4.78 is 5.25. The lowest BCUT2D eigenvalue weighted by atomic mass is 10.2. The molecule has 3 heteroatoms. The average molecular weight is 270 g/mol. The molecule has 0 fully saturated rings. The van der Waals surface area contributed by atoms with Crippen LogP contribution in [0.25, 0.3) is 0 Å². The highest BCUT2D eigenvalue weighted by atomic mass is 16.5. The predicted octanol–water partition coefficient (Wildman–Crippen LogP) is 3.55. The molecule has 0 unspecified atom stereocenters. The van der Waals surface area contributed by atoms with Crippen LogP contribution in [-0.4, -0.2) is 27.2 Å². The molecule has 2 rings (SSSR count). The molecule has 1 N–H and O–H groups in total. The maximum Gasteiger partial charge on any atom is 0.120 e. The fourth-order valence-electron chi connectivity index (χ4n) is 2.10. The number of ether oxygens (including phenoxy) is 1. The second-order valence-electron chi connectivity index (χ2n) is 4.92. The van der Waals surface area contributed by atoms with E-state index in [1.165, 1.54) is 11.3 Å². The van der Waals surface area contributed by atoms with Gasteiger partial charge < -0.3 is 15.0 Å². The zero-order valence-corrected chi connectivity index (χ0v) is 12.4. The van der Waals surface area contributed by atoms with Gasteiger partial charge in [-0.05, 0) is 36.8 Å². The van der Waals surface area contributed by atoms with Crippen LogP contribution in [0.5, 0.6) is 5.75 Å². The molecule has 20 heavy (non-hydrogen) atoms. The third-order valence-corrected chi connectivity index (χ3v) is 3.29. The topological polar surface area (TPSA) is 24.5 Å². The zero-order chi connectivity index (χ0) is 14.4. The van der Waals surface area contributed by atoms with Crippen LogP contribution in [0.15, 0.2) is 48.5 Å². The van der Waals surface area contributed by atoms with E-state index in [0.717, 1.165) is 24.5 Å². The van der Waals surface area contributed by atoms with E-state index in [0.29, 0.717) is 0 Å². The highest BCUT2D eigenvalue weighted by Crippen LogP contribution is 2.19. The van der Waals surface area contributed by atoms with E-state index in [-0.39, 0.29) is 0 Å². The predicted molar refractivity (Wildman–Crippen MR) is 85.9 cm³/mol. The fraction of sp³-hybridized carbons (Fsp3) is 0.294. The van der Waals surface area contributed by atoms with Gasteiger partial charge in [-0.3, -0.25) is 0 Å². The first-order chi connectivity index (χ1) is 9.69. The second kappa shape index (κ2) is 6.85. The SMILES string of the molecule is COc1cccc(N(C)CCNc2cccc(C)c2)c1. The van der Waals surface area contributed by atoms with E-state index in [1.807, 2.05) is 18.2 Å². The van der Waals surface area contributed by atoms with Gasteiger partial charge in [0.2, 0.25) is 0 Å². The van der Waals surface area contributed by atoms with Crippen molar-refractivity contribution in [3.05, 3.63) is 54.1 Å². The smallest absolute Gasteiger partial charge is 0.120 e. The minimum atomic E-state index is 0.890. The lowest BCUT2D eigenvalue weighted by Gasteiger charge is -2.20. The van der Waals surface area contributed by atoms with E-state index >= 15 is 0 Å². The van der Waals surface area contributed by atoms with Crippen LogP contribution in [0.4, 0.5) is 11.4 Å². The Balaban J connectivity index is 1.87. The Morgan fingerprint density at radius 3 is 2.65 bits per heavy atom. The quantitative estimate of drug-likeness (QED) is 0.868. The van der Waals surface area contributed by atoms with Crippen LogP contribution in [0.3, 0.4) is 0 Å². The van der Waals surface area contributed by atoms with Gasteiger partial charge in [0.1, 0.15) is 5.75 Å². The van der Waals surface area contributed by atoms with Crippen LogP contribution >= 0.6 is 0 Å². The molecule has 2 aromatic rings. The molecule has 0 aromatic heterocycles. The largest absolute Gasteiger partial charge is 0.497 e. The molecule has 2 aromatic carbocycles. The van der Waals surface area contributed by atoms with Gasteiger partial charge in [0.25, 0.3) is 0 Å². The number of nitrogens with one attached hydrogen (secondary N) is 1.